The average molecular weight is 333 g/mol. The minimum atomic E-state index is 0.406. The van der Waals surface area contributed by atoms with Crippen LogP contribution in [0.5, 0.6) is 0 Å². The summed E-state index contributed by atoms with van der Waals surface area (Å²) in [6.07, 6.45) is 0. The normalized spacial score (nSPS) is 11.3. The van der Waals surface area contributed by atoms with Crippen LogP contribution in [0, 0.1) is 6.92 Å². The molecule has 0 amide bonds. The van der Waals surface area contributed by atoms with E-state index in [9.17, 15) is 0 Å². The molecule has 0 radical (unpaired) electrons. The molecule has 2 aromatic carbocycles. The molecule has 25 heavy (non-hydrogen) atoms. The highest BCUT2D eigenvalue weighted by Crippen LogP contribution is 2.30. The molecule has 0 unspecified atom stereocenters. The van der Waals surface area contributed by atoms with Crippen molar-refractivity contribution in [3.63, 3.8) is 0 Å². The van der Waals surface area contributed by atoms with E-state index in [0.717, 1.165) is 28.1 Å². The van der Waals surface area contributed by atoms with Gasteiger partial charge < -0.3 is 9.15 Å². The summed E-state index contributed by atoms with van der Waals surface area (Å²) in [6.45, 7) is 3.00. The Kier molecular flexibility index (Phi) is 4.07. The molecule has 0 aliphatic rings. The maximum atomic E-state index is 5.99. The van der Waals surface area contributed by atoms with Crippen molar-refractivity contribution in [3.8, 4) is 11.6 Å². The van der Waals surface area contributed by atoms with Crippen molar-refractivity contribution >= 4 is 10.9 Å². The first kappa shape index (κ1) is 15.6. The molecule has 0 fully saturated rings. The van der Waals surface area contributed by atoms with E-state index in [0.29, 0.717) is 19.0 Å². The van der Waals surface area contributed by atoms with E-state index >= 15 is 0 Å². The lowest BCUT2D eigenvalue weighted by atomic mass is 10.2. The number of oxazole rings is 1. The molecule has 5 nitrogen and oxygen atoms in total. The van der Waals surface area contributed by atoms with Gasteiger partial charge in [-0.2, -0.15) is 5.10 Å². The fourth-order valence-corrected chi connectivity index (χ4v) is 2.97. The fourth-order valence-electron chi connectivity index (χ4n) is 2.97. The number of hydrogen-bond acceptors (Lipinski definition) is 4. The average Bonchev–Trinajstić information content (AvgIpc) is 3.16. The lowest BCUT2D eigenvalue weighted by Gasteiger charge is -2.05. The maximum Gasteiger partial charge on any atom is 0.245 e. The van der Waals surface area contributed by atoms with Gasteiger partial charge in [-0.15, -0.1) is 0 Å². The van der Waals surface area contributed by atoms with Crippen molar-refractivity contribution in [2.24, 2.45) is 0 Å². The van der Waals surface area contributed by atoms with Crippen molar-refractivity contribution in [3.05, 3.63) is 71.6 Å². The Balaban J connectivity index is 1.86. The molecule has 4 aromatic rings. The summed E-state index contributed by atoms with van der Waals surface area (Å²) in [5.74, 6) is 1.32. The number of aromatic nitrogens is 3. The van der Waals surface area contributed by atoms with Gasteiger partial charge in [-0.3, -0.25) is 4.68 Å². The van der Waals surface area contributed by atoms with Crippen LogP contribution in [0.15, 0.2) is 59.0 Å². The van der Waals surface area contributed by atoms with Crippen LogP contribution in [0.2, 0.25) is 0 Å². The molecule has 4 rings (SSSR count). The van der Waals surface area contributed by atoms with Crippen LogP contribution in [0.3, 0.4) is 0 Å². The van der Waals surface area contributed by atoms with Crippen molar-refractivity contribution in [2.45, 2.75) is 20.1 Å². The summed E-state index contributed by atoms with van der Waals surface area (Å²) in [4.78, 5) is 4.62. The van der Waals surface area contributed by atoms with E-state index in [1.165, 1.54) is 5.56 Å². The summed E-state index contributed by atoms with van der Waals surface area (Å²) < 4.78 is 13.1. The Bertz CT molecular complexity index is 1000. The third-order valence-electron chi connectivity index (χ3n) is 4.19. The van der Waals surface area contributed by atoms with Gasteiger partial charge in [0.1, 0.15) is 12.3 Å². The van der Waals surface area contributed by atoms with E-state index in [1.54, 1.807) is 7.11 Å². The predicted molar refractivity (Wildman–Crippen MR) is 96.2 cm³/mol. The van der Waals surface area contributed by atoms with Crippen molar-refractivity contribution < 1.29 is 9.15 Å². The molecule has 0 saturated carbocycles. The van der Waals surface area contributed by atoms with E-state index in [-0.39, 0.29) is 0 Å². The van der Waals surface area contributed by atoms with Crippen LogP contribution in [-0.4, -0.2) is 21.9 Å². The number of fused-ring (bicyclic) bond motifs is 1. The van der Waals surface area contributed by atoms with Crippen LogP contribution in [0.1, 0.15) is 17.0 Å². The summed E-state index contributed by atoms with van der Waals surface area (Å²) in [6, 6.07) is 18.3. The van der Waals surface area contributed by atoms with Gasteiger partial charge in [0.05, 0.1) is 17.8 Å². The minimum absolute atomic E-state index is 0.406. The van der Waals surface area contributed by atoms with Crippen LogP contribution in [0.4, 0.5) is 0 Å². The minimum Gasteiger partial charge on any atom is -0.437 e. The van der Waals surface area contributed by atoms with E-state index in [1.807, 2.05) is 48.0 Å². The Morgan fingerprint density at radius 3 is 2.60 bits per heavy atom. The zero-order valence-corrected chi connectivity index (χ0v) is 14.3. The number of hydrogen-bond donors (Lipinski definition) is 0. The highest BCUT2D eigenvalue weighted by Gasteiger charge is 2.20. The predicted octanol–water partition coefficient (Wildman–Crippen LogP) is 4.19. The smallest absolute Gasteiger partial charge is 0.245 e. The molecular formula is C20H19N3O2. The highest BCUT2D eigenvalue weighted by atomic mass is 16.5. The molecule has 0 N–H and O–H groups in total. The van der Waals surface area contributed by atoms with Gasteiger partial charge in [0.2, 0.25) is 5.89 Å². The Morgan fingerprint density at radius 1 is 1.04 bits per heavy atom. The lowest BCUT2D eigenvalue weighted by molar-refractivity contribution is 0.164. The molecule has 2 aromatic heterocycles. The van der Waals surface area contributed by atoms with Crippen LogP contribution in [0.25, 0.3) is 22.5 Å². The summed E-state index contributed by atoms with van der Waals surface area (Å²) >= 11 is 0. The monoisotopic (exact) mass is 333 g/mol. The molecule has 0 bridgehead atoms. The number of methoxy groups -OCH3 is 1. The van der Waals surface area contributed by atoms with Crippen molar-refractivity contribution in [2.75, 3.05) is 7.11 Å². The first-order chi connectivity index (χ1) is 12.3. The van der Waals surface area contributed by atoms with E-state index in [4.69, 9.17) is 14.3 Å². The third-order valence-corrected chi connectivity index (χ3v) is 4.19. The second-order valence-electron chi connectivity index (χ2n) is 5.97. The molecule has 0 spiro atoms. The highest BCUT2D eigenvalue weighted by molar-refractivity contribution is 5.91. The summed E-state index contributed by atoms with van der Waals surface area (Å²) in [7, 11) is 1.65. The summed E-state index contributed by atoms with van der Waals surface area (Å²) in [5, 5.41) is 5.79. The first-order valence-electron chi connectivity index (χ1n) is 8.21. The molecule has 2 heterocycles. The van der Waals surface area contributed by atoms with Crippen LogP contribution < -0.4 is 0 Å². The summed E-state index contributed by atoms with van der Waals surface area (Å²) in [5.41, 5.74) is 3.84. The topological polar surface area (TPSA) is 53.1 Å². The zero-order chi connectivity index (χ0) is 17.2. The van der Waals surface area contributed by atoms with Crippen LogP contribution >= 0.6 is 0 Å². The Morgan fingerprint density at radius 2 is 1.80 bits per heavy atom. The zero-order valence-electron chi connectivity index (χ0n) is 14.3. The van der Waals surface area contributed by atoms with E-state index in [2.05, 4.69) is 23.2 Å². The van der Waals surface area contributed by atoms with Gasteiger partial charge in [-0.1, -0.05) is 48.5 Å². The van der Waals surface area contributed by atoms with Crippen molar-refractivity contribution in [1.29, 1.82) is 0 Å². The van der Waals surface area contributed by atoms with E-state index < -0.39 is 0 Å². The standard InChI is InChI=1S/C20H19N3O2/c1-14-18(13-24-2)25-20(21-14)19-16-10-6-7-11-17(16)22-23(19)12-15-8-4-3-5-9-15/h3-11H,12-13H2,1-2H3. The molecule has 0 aliphatic carbocycles. The largest absolute Gasteiger partial charge is 0.437 e. The third kappa shape index (κ3) is 2.94. The van der Waals surface area contributed by atoms with Gasteiger partial charge in [0.25, 0.3) is 0 Å². The Hall–Kier alpha value is -2.92. The Labute approximate surface area is 145 Å². The fraction of sp³-hybridized carbons (Fsp3) is 0.200. The lowest BCUT2D eigenvalue weighted by Crippen LogP contribution is -2.03. The first-order valence-corrected chi connectivity index (χ1v) is 8.21. The maximum absolute atomic E-state index is 5.99. The molecule has 0 atom stereocenters. The number of rotatable bonds is 5. The van der Waals surface area contributed by atoms with Gasteiger partial charge in [-0.05, 0) is 18.6 Å². The number of aryl methyl sites for hydroxylation is 1. The number of nitrogens with zero attached hydrogens (tertiary/aromatic N) is 3. The van der Waals surface area contributed by atoms with Gasteiger partial charge in [0.15, 0.2) is 5.76 Å². The van der Waals surface area contributed by atoms with Gasteiger partial charge in [-0.25, -0.2) is 4.98 Å². The quantitative estimate of drug-likeness (QED) is 0.549. The SMILES string of the molecule is COCc1oc(-c2c3ccccc3nn2Cc2ccccc2)nc1C. The number of benzene rings is 2. The molecule has 5 heteroatoms. The van der Waals surface area contributed by atoms with Crippen molar-refractivity contribution in [1.82, 2.24) is 14.8 Å². The molecule has 0 saturated heterocycles. The van der Waals surface area contributed by atoms with Gasteiger partial charge in [0, 0.05) is 12.5 Å². The number of ether oxygens (including phenoxy) is 1. The van der Waals surface area contributed by atoms with Crippen LogP contribution in [-0.2, 0) is 17.9 Å². The second-order valence-corrected chi connectivity index (χ2v) is 5.97. The second kappa shape index (κ2) is 6.53. The van der Waals surface area contributed by atoms with Gasteiger partial charge >= 0.3 is 0 Å². The molecule has 126 valence electrons. The molecular weight excluding hydrogens is 314 g/mol. The molecule has 0 aliphatic heterocycles.